The van der Waals surface area contributed by atoms with E-state index in [1.165, 1.54) is 39.4 Å². The van der Waals surface area contributed by atoms with E-state index in [0.717, 1.165) is 24.1 Å². The Balaban J connectivity index is 1.45. The summed E-state index contributed by atoms with van der Waals surface area (Å²) in [5.74, 6) is 1.65. The van der Waals surface area contributed by atoms with Crippen LogP contribution in [0.2, 0.25) is 0 Å². The number of rotatable bonds is 5. The van der Waals surface area contributed by atoms with Crippen LogP contribution in [0.15, 0.2) is 60.8 Å². The molecular weight excluding hydrogens is 506 g/mol. The molecule has 202 valence electrons. The molecule has 7 heteroatoms. The van der Waals surface area contributed by atoms with Crippen molar-refractivity contribution in [1.29, 1.82) is 0 Å². The maximum absolute atomic E-state index is 14.2. The van der Waals surface area contributed by atoms with Crippen molar-refractivity contribution in [2.45, 2.75) is 58.0 Å². The van der Waals surface area contributed by atoms with Crippen molar-refractivity contribution in [3.63, 3.8) is 0 Å². The highest BCUT2D eigenvalue weighted by Crippen LogP contribution is 2.44. The first-order chi connectivity index (χ1) is 19.0. The maximum Gasteiger partial charge on any atom is 0.322 e. The van der Waals surface area contributed by atoms with Crippen LogP contribution in [0, 0.1) is 0 Å². The summed E-state index contributed by atoms with van der Waals surface area (Å²) < 4.78 is 13.2. The summed E-state index contributed by atoms with van der Waals surface area (Å²) >= 11 is 1.90. The number of fused-ring (bicyclic) bond motifs is 5. The van der Waals surface area contributed by atoms with Gasteiger partial charge in [-0.25, -0.2) is 4.79 Å². The molecule has 0 spiro atoms. The fraction of sp³-hybridized carbons (Fsp3) is 0.344. The lowest BCUT2D eigenvalue weighted by atomic mass is 9.94. The number of nitrogens with one attached hydrogen (secondary N) is 1. The number of methoxy groups -OCH3 is 2. The number of hydrogen-bond acceptors (Lipinski definition) is 4. The van der Waals surface area contributed by atoms with Crippen LogP contribution in [0.3, 0.4) is 0 Å². The summed E-state index contributed by atoms with van der Waals surface area (Å²) in [6.45, 7) is 4.96. The Morgan fingerprint density at radius 2 is 1.74 bits per heavy atom. The molecule has 6 rings (SSSR count). The Morgan fingerprint density at radius 3 is 2.49 bits per heavy atom. The van der Waals surface area contributed by atoms with Gasteiger partial charge in [0.05, 0.1) is 32.5 Å². The van der Waals surface area contributed by atoms with E-state index in [2.05, 4.69) is 66.3 Å². The lowest BCUT2D eigenvalue weighted by Gasteiger charge is -2.31. The van der Waals surface area contributed by atoms with E-state index in [1.807, 2.05) is 34.4 Å². The van der Waals surface area contributed by atoms with E-state index in [-0.39, 0.29) is 12.1 Å². The van der Waals surface area contributed by atoms with Gasteiger partial charge in [-0.15, -0.1) is 11.3 Å². The van der Waals surface area contributed by atoms with Gasteiger partial charge in [0.25, 0.3) is 0 Å². The summed E-state index contributed by atoms with van der Waals surface area (Å²) in [5.41, 5.74) is 6.89. The minimum atomic E-state index is -0.236. The summed E-state index contributed by atoms with van der Waals surface area (Å²) in [6.07, 6.45) is 6.80. The third-order valence-electron chi connectivity index (χ3n) is 7.99. The van der Waals surface area contributed by atoms with Gasteiger partial charge in [-0.1, -0.05) is 38.1 Å². The fourth-order valence-electron chi connectivity index (χ4n) is 5.91. The number of urea groups is 1. The van der Waals surface area contributed by atoms with Gasteiger partial charge in [0.1, 0.15) is 5.00 Å². The van der Waals surface area contributed by atoms with E-state index >= 15 is 0 Å². The molecular formula is C32H35N3O3S. The van der Waals surface area contributed by atoms with Gasteiger partial charge < -0.3 is 24.3 Å². The van der Waals surface area contributed by atoms with Crippen LogP contribution in [0.25, 0.3) is 5.00 Å². The number of carbonyl (C=O) groups excluding carboxylic acids is 1. The maximum atomic E-state index is 14.2. The molecule has 0 bridgehead atoms. The zero-order chi connectivity index (χ0) is 27.1. The number of anilines is 1. The Kier molecular flexibility index (Phi) is 6.85. The summed E-state index contributed by atoms with van der Waals surface area (Å²) in [4.78, 5) is 17.7. The standard InChI is InChI=1S/C32H35N3O3S/c1-20(2)21-11-13-22(14-12-21)30-26-9-7-17-34(26)31-25(24-8-5-6-10-29(24)39-31)19-35(30)32(36)33-23-15-16-27(37-3)28(18-23)38-4/h7,9,11-18,20,30H,5-6,8,10,19H2,1-4H3,(H,33,36)/t30-/m1/s1. The molecule has 1 aliphatic heterocycles. The predicted octanol–water partition coefficient (Wildman–Crippen LogP) is 7.70. The molecule has 0 unspecified atom stereocenters. The molecule has 1 N–H and O–H groups in total. The van der Waals surface area contributed by atoms with E-state index in [0.29, 0.717) is 29.6 Å². The van der Waals surface area contributed by atoms with Crippen molar-refractivity contribution in [3.8, 4) is 16.5 Å². The Morgan fingerprint density at radius 1 is 0.974 bits per heavy atom. The molecule has 0 fully saturated rings. The second-order valence-corrected chi connectivity index (χ2v) is 11.7. The average molecular weight is 542 g/mol. The number of aryl methyl sites for hydroxylation is 1. The molecule has 0 saturated heterocycles. The number of benzene rings is 2. The second kappa shape index (κ2) is 10.5. The highest BCUT2D eigenvalue weighted by atomic mass is 32.1. The van der Waals surface area contributed by atoms with Crippen molar-refractivity contribution < 1.29 is 14.3 Å². The van der Waals surface area contributed by atoms with Crippen molar-refractivity contribution in [2.24, 2.45) is 0 Å². The van der Waals surface area contributed by atoms with E-state index in [1.54, 1.807) is 14.2 Å². The van der Waals surface area contributed by atoms with Crippen molar-refractivity contribution in [2.75, 3.05) is 19.5 Å². The molecule has 4 aromatic rings. The molecule has 1 atom stereocenters. The molecule has 0 radical (unpaired) electrons. The number of nitrogens with zero attached hydrogens (tertiary/aromatic N) is 2. The largest absolute Gasteiger partial charge is 0.493 e. The van der Waals surface area contributed by atoms with Crippen molar-refractivity contribution in [3.05, 3.63) is 93.6 Å². The molecule has 2 aromatic heterocycles. The van der Waals surface area contributed by atoms with Crippen LogP contribution in [-0.4, -0.2) is 29.7 Å². The first kappa shape index (κ1) is 25.6. The predicted molar refractivity (Wildman–Crippen MR) is 157 cm³/mol. The summed E-state index contributed by atoms with van der Waals surface area (Å²) in [7, 11) is 3.21. The second-order valence-electron chi connectivity index (χ2n) is 10.6. The Labute approximate surface area is 234 Å². The number of ether oxygens (including phenoxy) is 2. The van der Waals surface area contributed by atoms with E-state index in [4.69, 9.17) is 9.47 Å². The fourth-order valence-corrected chi connectivity index (χ4v) is 7.31. The third-order valence-corrected chi connectivity index (χ3v) is 9.33. The van der Waals surface area contributed by atoms with E-state index < -0.39 is 0 Å². The van der Waals surface area contributed by atoms with Crippen LogP contribution in [0.5, 0.6) is 11.5 Å². The van der Waals surface area contributed by atoms with Gasteiger partial charge in [0.15, 0.2) is 11.5 Å². The van der Waals surface area contributed by atoms with Crippen LogP contribution in [0.4, 0.5) is 10.5 Å². The SMILES string of the molecule is COc1ccc(NC(=O)N2Cc3c(sc4c3CCCC4)-n3cccc3[C@H]2c2ccc(C(C)C)cc2)cc1OC. The van der Waals surface area contributed by atoms with Crippen LogP contribution in [-0.2, 0) is 19.4 Å². The summed E-state index contributed by atoms with van der Waals surface area (Å²) in [5, 5.41) is 4.42. The normalized spacial score (nSPS) is 16.2. The average Bonchev–Trinajstić information content (AvgIpc) is 3.54. The smallest absolute Gasteiger partial charge is 0.322 e. The molecule has 1 aliphatic carbocycles. The molecule has 0 saturated carbocycles. The van der Waals surface area contributed by atoms with Gasteiger partial charge in [0, 0.05) is 28.4 Å². The number of aromatic nitrogens is 1. The van der Waals surface area contributed by atoms with E-state index in [9.17, 15) is 4.79 Å². The third kappa shape index (κ3) is 4.59. The topological polar surface area (TPSA) is 55.7 Å². The van der Waals surface area contributed by atoms with Crippen LogP contribution >= 0.6 is 11.3 Å². The monoisotopic (exact) mass is 541 g/mol. The van der Waals surface area contributed by atoms with Crippen molar-refractivity contribution >= 4 is 23.1 Å². The van der Waals surface area contributed by atoms with Crippen LogP contribution in [0.1, 0.15) is 71.5 Å². The zero-order valence-electron chi connectivity index (χ0n) is 23.0. The molecule has 2 aromatic carbocycles. The minimum Gasteiger partial charge on any atom is -0.493 e. The lowest BCUT2D eigenvalue weighted by molar-refractivity contribution is 0.194. The van der Waals surface area contributed by atoms with Gasteiger partial charge >= 0.3 is 6.03 Å². The molecule has 2 aliphatic rings. The molecule has 2 amide bonds. The van der Waals surface area contributed by atoms with Crippen LogP contribution < -0.4 is 14.8 Å². The van der Waals surface area contributed by atoms with Gasteiger partial charge in [-0.3, -0.25) is 0 Å². The molecule has 39 heavy (non-hydrogen) atoms. The Hall–Kier alpha value is -3.71. The number of thiophene rings is 1. The van der Waals surface area contributed by atoms with Crippen molar-refractivity contribution in [1.82, 2.24) is 9.47 Å². The lowest BCUT2D eigenvalue weighted by Crippen LogP contribution is -2.38. The van der Waals surface area contributed by atoms with Gasteiger partial charge in [0.2, 0.25) is 0 Å². The molecule has 3 heterocycles. The summed E-state index contributed by atoms with van der Waals surface area (Å²) in [6, 6.07) is 18.1. The van der Waals surface area contributed by atoms with Gasteiger partial charge in [-0.05, 0) is 72.6 Å². The highest BCUT2D eigenvalue weighted by molar-refractivity contribution is 7.15. The molecule has 6 nitrogen and oxygen atoms in total. The van der Waals surface area contributed by atoms with Gasteiger partial charge in [-0.2, -0.15) is 0 Å². The number of carbonyl (C=O) groups is 1. The first-order valence-electron chi connectivity index (χ1n) is 13.7. The highest BCUT2D eigenvalue weighted by Gasteiger charge is 2.36. The Bertz CT molecular complexity index is 1500. The number of hydrogen-bond donors (Lipinski definition) is 1. The first-order valence-corrected chi connectivity index (χ1v) is 14.5. The number of amides is 2. The quantitative estimate of drug-likeness (QED) is 0.282. The zero-order valence-corrected chi connectivity index (χ0v) is 23.8. The minimum absolute atomic E-state index is 0.142.